The third kappa shape index (κ3) is 4.93. The maximum absolute atomic E-state index is 13.6. The van der Waals surface area contributed by atoms with Crippen LogP contribution in [-0.2, 0) is 11.0 Å². The Kier molecular flexibility index (Phi) is 7.34. The van der Waals surface area contributed by atoms with Gasteiger partial charge in [-0.3, -0.25) is 4.79 Å². The maximum atomic E-state index is 13.6. The molecule has 2 aliphatic rings. The zero-order valence-electron chi connectivity index (χ0n) is 20.2. The van der Waals surface area contributed by atoms with Gasteiger partial charge in [-0.1, -0.05) is 0 Å². The van der Waals surface area contributed by atoms with E-state index >= 15 is 0 Å². The van der Waals surface area contributed by atoms with Gasteiger partial charge in [0.1, 0.15) is 6.04 Å². The van der Waals surface area contributed by atoms with Crippen molar-refractivity contribution in [2.24, 2.45) is 5.41 Å². The third-order valence-corrected chi connectivity index (χ3v) is 7.12. The molecule has 0 saturated carbocycles. The van der Waals surface area contributed by atoms with Crippen molar-refractivity contribution < 1.29 is 22.8 Å². The first-order valence-corrected chi connectivity index (χ1v) is 11.6. The molecular formula is C24H32F3N5O2. The van der Waals surface area contributed by atoms with Gasteiger partial charge < -0.3 is 19.6 Å². The highest BCUT2D eigenvalue weighted by atomic mass is 19.4. The van der Waals surface area contributed by atoms with Crippen LogP contribution in [0, 0.1) is 16.7 Å². The molecule has 0 bridgehead atoms. The van der Waals surface area contributed by atoms with Gasteiger partial charge in [0, 0.05) is 52.5 Å². The normalized spacial score (nSPS) is 19.8. The Morgan fingerprint density at radius 1 is 1.18 bits per heavy atom. The average molecular weight is 480 g/mol. The highest BCUT2D eigenvalue weighted by Crippen LogP contribution is 2.46. The Morgan fingerprint density at radius 2 is 1.79 bits per heavy atom. The van der Waals surface area contributed by atoms with Crippen LogP contribution in [0.1, 0.15) is 44.2 Å². The smallest absolute Gasteiger partial charge is 0.359 e. The minimum absolute atomic E-state index is 0.00228. The summed E-state index contributed by atoms with van der Waals surface area (Å²) in [6, 6.07) is 4.64. The van der Waals surface area contributed by atoms with Gasteiger partial charge in [-0.05, 0) is 56.7 Å². The van der Waals surface area contributed by atoms with Gasteiger partial charge in [-0.2, -0.15) is 18.4 Å². The van der Waals surface area contributed by atoms with Crippen molar-refractivity contribution in [3.05, 3.63) is 29.3 Å². The number of amides is 3. The van der Waals surface area contributed by atoms with Crippen molar-refractivity contribution in [3.63, 3.8) is 0 Å². The number of benzene rings is 1. The molecule has 1 unspecified atom stereocenters. The molecule has 186 valence electrons. The largest absolute Gasteiger partial charge is 0.417 e. The Bertz CT molecular complexity index is 960. The fourth-order valence-electron chi connectivity index (χ4n) is 5.12. The predicted molar refractivity (Wildman–Crippen MR) is 122 cm³/mol. The lowest BCUT2D eigenvalue weighted by molar-refractivity contribution is -0.137. The molecule has 1 spiro atoms. The summed E-state index contributed by atoms with van der Waals surface area (Å²) in [7, 11) is 3.27. The van der Waals surface area contributed by atoms with E-state index < -0.39 is 23.3 Å². The number of hydrogen-bond acceptors (Lipinski definition) is 4. The maximum Gasteiger partial charge on any atom is 0.417 e. The number of nitriles is 1. The Hall–Kier alpha value is -2.96. The predicted octanol–water partition coefficient (Wildman–Crippen LogP) is 3.79. The van der Waals surface area contributed by atoms with E-state index in [4.69, 9.17) is 5.26 Å². The first-order valence-electron chi connectivity index (χ1n) is 11.6. The van der Waals surface area contributed by atoms with Crippen molar-refractivity contribution in [1.29, 1.82) is 5.26 Å². The van der Waals surface area contributed by atoms with Crippen molar-refractivity contribution >= 4 is 17.6 Å². The van der Waals surface area contributed by atoms with Crippen LogP contribution in [0.3, 0.4) is 0 Å². The number of likely N-dealkylation sites (tertiary alicyclic amines) is 1. The van der Waals surface area contributed by atoms with Crippen LogP contribution in [-0.4, -0.2) is 79.5 Å². The number of halogens is 3. The van der Waals surface area contributed by atoms with Gasteiger partial charge in [0.2, 0.25) is 5.91 Å². The molecule has 1 aromatic carbocycles. The van der Waals surface area contributed by atoms with Gasteiger partial charge in [0.25, 0.3) is 0 Å². The van der Waals surface area contributed by atoms with E-state index in [1.807, 2.05) is 18.7 Å². The molecule has 10 heteroatoms. The lowest BCUT2D eigenvalue weighted by atomic mass is 9.76. The molecule has 2 saturated heterocycles. The standard InChI is InChI=1S/C24H32F3N5O2/c1-5-30(6-2)22(34)31-11-9-23(10-12-31)14-20(21(33)29(3)4)32(16-23)18-8-7-17(15-28)19(13-18)24(25,26)27/h7-8,13,20H,5-6,9-12,14,16H2,1-4H3. The van der Waals surface area contributed by atoms with Gasteiger partial charge in [0.15, 0.2) is 0 Å². The molecule has 3 amide bonds. The van der Waals surface area contributed by atoms with E-state index in [9.17, 15) is 22.8 Å². The topological polar surface area (TPSA) is 70.9 Å². The molecule has 0 aliphatic carbocycles. The number of nitrogens with zero attached hydrogens (tertiary/aromatic N) is 5. The summed E-state index contributed by atoms with van der Waals surface area (Å²) < 4.78 is 40.8. The second kappa shape index (κ2) is 9.72. The number of urea groups is 1. The lowest BCUT2D eigenvalue weighted by Crippen LogP contribution is -2.49. The highest BCUT2D eigenvalue weighted by Gasteiger charge is 2.49. The first-order chi connectivity index (χ1) is 16.0. The van der Waals surface area contributed by atoms with Crippen LogP contribution in [0.15, 0.2) is 18.2 Å². The molecule has 0 radical (unpaired) electrons. The second-order valence-electron chi connectivity index (χ2n) is 9.36. The summed E-state index contributed by atoms with van der Waals surface area (Å²) in [5.74, 6) is -0.170. The molecule has 2 heterocycles. The van der Waals surface area contributed by atoms with Gasteiger partial charge in [-0.15, -0.1) is 0 Å². The zero-order valence-corrected chi connectivity index (χ0v) is 20.2. The van der Waals surface area contributed by atoms with Crippen LogP contribution >= 0.6 is 0 Å². The van der Waals surface area contributed by atoms with E-state index in [0.29, 0.717) is 52.0 Å². The summed E-state index contributed by atoms with van der Waals surface area (Å²) in [4.78, 5) is 32.6. The van der Waals surface area contributed by atoms with Gasteiger partial charge in [0.05, 0.1) is 17.2 Å². The molecule has 1 atom stereocenters. The second-order valence-corrected chi connectivity index (χ2v) is 9.36. The molecule has 0 aromatic heterocycles. The number of hydrogen-bond donors (Lipinski definition) is 0. The van der Waals surface area contributed by atoms with Crippen molar-refractivity contribution in [2.45, 2.75) is 45.3 Å². The molecule has 1 aromatic rings. The lowest BCUT2D eigenvalue weighted by Gasteiger charge is -2.40. The quantitative estimate of drug-likeness (QED) is 0.659. The number of carbonyl (C=O) groups is 2. The fourth-order valence-corrected chi connectivity index (χ4v) is 5.12. The van der Waals surface area contributed by atoms with Gasteiger partial charge in [-0.25, -0.2) is 4.79 Å². The van der Waals surface area contributed by atoms with Crippen LogP contribution in [0.4, 0.5) is 23.7 Å². The SMILES string of the molecule is CCN(CC)C(=O)N1CCC2(CC1)CC(C(=O)N(C)C)N(c1ccc(C#N)c(C(F)(F)F)c1)C2. The minimum atomic E-state index is -4.67. The Labute approximate surface area is 198 Å². The Morgan fingerprint density at radius 3 is 2.29 bits per heavy atom. The molecule has 2 fully saturated rings. The number of alkyl halides is 3. The monoisotopic (exact) mass is 479 g/mol. The minimum Gasteiger partial charge on any atom is -0.359 e. The van der Waals surface area contributed by atoms with Crippen LogP contribution in [0.2, 0.25) is 0 Å². The third-order valence-electron chi connectivity index (χ3n) is 7.12. The summed E-state index contributed by atoms with van der Waals surface area (Å²) in [5, 5.41) is 9.13. The molecule has 0 N–H and O–H groups in total. The highest BCUT2D eigenvalue weighted by molar-refractivity contribution is 5.86. The molecular weight excluding hydrogens is 447 g/mol. The van der Waals surface area contributed by atoms with Crippen molar-refractivity contribution in [1.82, 2.24) is 14.7 Å². The molecule has 7 nitrogen and oxygen atoms in total. The van der Waals surface area contributed by atoms with E-state index in [1.54, 1.807) is 30.0 Å². The summed E-state index contributed by atoms with van der Waals surface area (Å²) >= 11 is 0. The molecule has 34 heavy (non-hydrogen) atoms. The Balaban J connectivity index is 1.89. The van der Waals surface area contributed by atoms with Gasteiger partial charge >= 0.3 is 12.2 Å². The summed E-state index contributed by atoms with van der Waals surface area (Å²) in [6.45, 7) is 6.65. The number of likely N-dealkylation sites (N-methyl/N-ethyl adjacent to an activating group) is 1. The van der Waals surface area contributed by atoms with Crippen LogP contribution in [0.25, 0.3) is 0 Å². The van der Waals surface area contributed by atoms with Crippen molar-refractivity contribution in [2.75, 3.05) is 51.7 Å². The summed E-state index contributed by atoms with van der Waals surface area (Å²) in [5.41, 5.74) is -1.43. The number of piperidine rings is 1. The number of anilines is 1. The summed E-state index contributed by atoms with van der Waals surface area (Å²) in [6.07, 6.45) is -2.80. The first kappa shape index (κ1) is 25.7. The fraction of sp³-hybridized carbons (Fsp3) is 0.625. The number of carbonyl (C=O) groups excluding carboxylic acids is 2. The molecule has 3 rings (SSSR count). The van der Waals surface area contributed by atoms with E-state index in [0.717, 1.165) is 6.07 Å². The van der Waals surface area contributed by atoms with E-state index in [1.165, 1.54) is 17.0 Å². The zero-order chi connectivity index (χ0) is 25.3. The van der Waals surface area contributed by atoms with E-state index in [-0.39, 0.29) is 23.0 Å². The van der Waals surface area contributed by atoms with Crippen LogP contribution in [0.5, 0.6) is 0 Å². The van der Waals surface area contributed by atoms with Crippen molar-refractivity contribution in [3.8, 4) is 6.07 Å². The van der Waals surface area contributed by atoms with E-state index in [2.05, 4.69) is 0 Å². The average Bonchev–Trinajstić information content (AvgIpc) is 3.17. The van der Waals surface area contributed by atoms with Crippen LogP contribution < -0.4 is 4.90 Å². The molecule has 2 aliphatic heterocycles. The number of rotatable bonds is 4.